The molecule has 2 aromatic rings. The van der Waals surface area contributed by atoms with Crippen molar-refractivity contribution in [2.45, 2.75) is 26.7 Å². The van der Waals surface area contributed by atoms with Crippen molar-refractivity contribution in [1.29, 1.82) is 0 Å². The van der Waals surface area contributed by atoms with E-state index in [1.165, 1.54) is 5.56 Å². The van der Waals surface area contributed by atoms with Gasteiger partial charge in [0, 0.05) is 7.05 Å². The van der Waals surface area contributed by atoms with E-state index in [9.17, 15) is 0 Å². The number of aryl methyl sites for hydroxylation is 2. The highest BCUT2D eigenvalue weighted by molar-refractivity contribution is 7.80. The van der Waals surface area contributed by atoms with E-state index >= 15 is 0 Å². The Morgan fingerprint density at radius 2 is 2.10 bits per heavy atom. The number of hydrogen-bond acceptors (Lipinski definition) is 3. The minimum Gasteiger partial charge on any atom is -0.439 e. The fraction of sp³-hybridized carbons (Fsp3) is 0.333. The van der Waals surface area contributed by atoms with Crippen molar-refractivity contribution >= 4 is 17.2 Å². The molecule has 0 atom stereocenters. The highest BCUT2D eigenvalue weighted by atomic mass is 32.1. The van der Waals surface area contributed by atoms with Crippen molar-refractivity contribution in [2.24, 2.45) is 12.8 Å². The molecule has 106 valence electrons. The average molecular weight is 289 g/mol. The predicted molar refractivity (Wildman–Crippen MR) is 84.4 cm³/mol. The maximum atomic E-state index is 5.95. The largest absolute Gasteiger partial charge is 0.439 e. The van der Waals surface area contributed by atoms with Crippen LogP contribution in [0.4, 0.5) is 0 Å². The van der Waals surface area contributed by atoms with Gasteiger partial charge in [0.2, 0.25) is 5.88 Å². The van der Waals surface area contributed by atoms with Crippen LogP contribution in [0.15, 0.2) is 24.3 Å². The first-order chi connectivity index (χ1) is 9.40. The summed E-state index contributed by atoms with van der Waals surface area (Å²) < 4.78 is 7.60. The summed E-state index contributed by atoms with van der Waals surface area (Å²) in [5, 5.41) is 4.31. The van der Waals surface area contributed by atoms with Gasteiger partial charge in [0.05, 0.1) is 11.3 Å². The van der Waals surface area contributed by atoms with E-state index in [1.54, 1.807) is 4.68 Å². The number of thiocarbonyl (C=S) groups is 1. The smallest absolute Gasteiger partial charge is 0.228 e. The molecule has 0 saturated carbocycles. The minimum atomic E-state index is 0.297. The first-order valence-corrected chi connectivity index (χ1v) is 6.92. The van der Waals surface area contributed by atoms with Gasteiger partial charge in [-0.25, -0.2) is 4.68 Å². The van der Waals surface area contributed by atoms with Gasteiger partial charge in [0.15, 0.2) is 0 Å². The summed E-state index contributed by atoms with van der Waals surface area (Å²) in [5.41, 5.74) is 8.44. The lowest BCUT2D eigenvalue weighted by Gasteiger charge is -2.11. The normalized spacial score (nSPS) is 10.8. The zero-order valence-corrected chi connectivity index (χ0v) is 13.0. The molecule has 1 aromatic carbocycles. The summed E-state index contributed by atoms with van der Waals surface area (Å²) in [7, 11) is 1.82. The quantitative estimate of drug-likeness (QED) is 0.878. The number of ether oxygens (including phenoxy) is 1. The van der Waals surface area contributed by atoms with E-state index < -0.39 is 0 Å². The summed E-state index contributed by atoms with van der Waals surface area (Å²) >= 11 is 5.08. The molecule has 5 heteroatoms. The van der Waals surface area contributed by atoms with E-state index in [4.69, 9.17) is 22.7 Å². The number of hydrogen-bond donors (Lipinski definition) is 1. The summed E-state index contributed by atoms with van der Waals surface area (Å²) in [5.74, 6) is 1.79. The molecule has 2 rings (SSSR count). The second-order valence-electron chi connectivity index (χ2n) is 5.08. The van der Waals surface area contributed by atoms with E-state index in [2.05, 4.69) is 25.0 Å². The highest BCUT2D eigenvalue weighted by Crippen LogP contribution is 2.29. The third-order valence-electron chi connectivity index (χ3n) is 3.16. The molecule has 0 unspecified atom stereocenters. The SMILES string of the molecule is Cc1nn(C)c(Oc2cccc(C(C)C)c2)c1C(N)=S. The van der Waals surface area contributed by atoms with Crippen LogP contribution in [-0.2, 0) is 7.05 Å². The van der Waals surface area contributed by atoms with Crippen LogP contribution in [0, 0.1) is 6.92 Å². The monoisotopic (exact) mass is 289 g/mol. The number of aromatic nitrogens is 2. The topological polar surface area (TPSA) is 53.1 Å². The fourth-order valence-electron chi connectivity index (χ4n) is 2.09. The van der Waals surface area contributed by atoms with Gasteiger partial charge in [-0.15, -0.1) is 0 Å². The van der Waals surface area contributed by atoms with Crippen molar-refractivity contribution in [1.82, 2.24) is 9.78 Å². The van der Waals surface area contributed by atoms with Crippen LogP contribution in [0.5, 0.6) is 11.6 Å². The second kappa shape index (κ2) is 5.63. The van der Waals surface area contributed by atoms with E-state index in [0.717, 1.165) is 11.4 Å². The number of nitrogens with zero attached hydrogens (tertiary/aromatic N) is 2. The third kappa shape index (κ3) is 2.82. The van der Waals surface area contributed by atoms with Gasteiger partial charge >= 0.3 is 0 Å². The van der Waals surface area contributed by atoms with Crippen molar-refractivity contribution in [2.75, 3.05) is 0 Å². The third-order valence-corrected chi connectivity index (χ3v) is 3.36. The van der Waals surface area contributed by atoms with Crippen LogP contribution < -0.4 is 10.5 Å². The molecule has 0 saturated heterocycles. The molecule has 0 amide bonds. The summed E-state index contributed by atoms with van der Waals surface area (Å²) in [6, 6.07) is 8.00. The molecule has 0 aliphatic carbocycles. The zero-order valence-electron chi connectivity index (χ0n) is 12.2. The van der Waals surface area contributed by atoms with Crippen molar-refractivity contribution in [3.8, 4) is 11.6 Å². The minimum absolute atomic E-state index is 0.297. The molecule has 0 radical (unpaired) electrons. The Balaban J connectivity index is 2.40. The van der Waals surface area contributed by atoms with Crippen LogP contribution in [0.3, 0.4) is 0 Å². The molecule has 1 aromatic heterocycles. The number of rotatable bonds is 4. The molecule has 0 aliphatic heterocycles. The second-order valence-corrected chi connectivity index (χ2v) is 5.52. The van der Waals surface area contributed by atoms with Crippen LogP contribution in [0.1, 0.15) is 36.6 Å². The molecule has 0 fully saturated rings. The van der Waals surface area contributed by atoms with Gasteiger partial charge in [0.25, 0.3) is 0 Å². The van der Waals surface area contributed by atoms with Gasteiger partial charge in [-0.2, -0.15) is 5.10 Å². The van der Waals surface area contributed by atoms with E-state index in [-0.39, 0.29) is 0 Å². The summed E-state index contributed by atoms with van der Waals surface area (Å²) in [4.78, 5) is 0.297. The van der Waals surface area contributed by atoms with Crippen LogP contribution in [0.2, 0.25) is 0 Å². The molecule has 2 N–H and O–H groups in total. The number of nitrogens with two attached hydrogens (primary N) is 1. The van der Waals surface area contributed by atoms with Crippen LogP contribution >= 0.6 is 12.2 Å². The Hall–Kier alpha value is -1.88. The van der Waals surface area contributed by atoms with Gasteiger partial charge in [-0.1, -0.05) is 38.2 Å². The van der Waals surface area contributed by atoms with Crippen LogP contribution in [0.25, 0.3) is 0 Å². The fourth-order valence-corrected chi connectivity index (χ4v) is 2.32. The van der Waals surface area contributed by atoms with Crippen molar-refractivity contribution in [3.63, 3.8) is 0 Å². The van der Waals surface area contributed by atoms with E-state index in [1.807, 2.05) is 32.2 Å². The van der Waals surface area contributed by atoms with Gasteiger partial charge in [-0.05, 0) is 30.5 Å². The standard InChI is InChI=1S/C15H19N3OS/c1-9(2)11-6-5-7-12(8-11)19-15-13(14(16)20)10(3)17-18(15)4/h5-9H,1-4H3,(H2,16,20). The van der Waals surface area contributed by atoms with Crippen molar-refractivity contribution < 1.29 is 4.74 Å². The Morgan fingerprint density at radius 3 is 2.70 bits per heavy atom. The van der Waals surface area contributed by atoms with Crippen LogP contribution in [-0.4, -0.2) is 14.8 Å². The molecule has 20 heavy (non-hydrogen) atoms. The summed E-state index contributed by atoms with van der Waals surface area (Å²) in [6.45, 7) is 6.16. The molecule has 0 bridgehead atoms. The number of benzene rings is 1. The maximum absolute atomic E-state index is 5.95. The predicted octanol–water partition coefficient (Wildman–Crippen LogP) is 3.28. The van der Waals surface area contributed by atoms with E-state index in [0.29, 0.717) is 22.3 Å². The Morgan fingerprint density at radius 1 is 1.40 bits per heavy atom. The zero-order chi connectivity index (χ0) is 14.9. The van der Waals surface area contributed by atoms with Gasteiger partial charge in [0.1, 0.15) is 10.7 Å². The Kier molecular flexibility index (Phi) is 4.09. The highest BCUT2D eigenvalue weighted by Gasteiger charge is 2.17. The first-order valence-electron chi connectivity index (χ1n) is 6.51. The molecule has 0 aliphatic rings. The van der Waals surface area contributed by atoms with Gasteiger partial charge in [-0.3, -0.25) is 0 Å². The first kappa shape index (κ1) is 14.5. The van der Waals surface area contributed by atoms with Crippen molar-refractivity contribution in [3.05, 3.63) is 41.1 Å². The summed E-state index contributed by atoms with van der Waals surface area (Å²) in [6.07, 6.45) is 0. The maximum Gasteiger partial charge on any atom is 0.228 e. The lowest BCUT2D eigenvalue weighted by atomic mass is 10.0. The molecule has 1 heterocycles. The lowest BCUT2D eigenvalue weighted by Crippen LogP contribution is -2.11. The molecular weight excluding hydrogens is 270 g/mol. The lowest BCUT2D eigenvalue weighted by molar-refractivity contribution is 0.429. The molecule has 4 nitrogen and oxygen atoms in total. The average Bonchev–Trinajstić information content (AvgIpc) is 2.64. The molecule has 0 spiro atoms. The molecular formula is C15H19N3OS. The Bertz CT molecular complexity index is 647. The van der Waals surface area contributed by atoms with Gasteiger partial charge < -0.3 is 10.5 Å². The Labute approximate surface area is 124 Å².